The molecule has 0 aliphatic carbocycles. The normalized spacial score (nSPS) is 10.7. The molecule has 0 aliphatic heterocycles. The Labute approximate surface area is 90.3 Å². The van der Waals surface area contributed by atoms with Crippen molar-refractivity contribution in [1.82, 2.24) is 15.5 Å². The Morgan fingerprint density at radius 1 is 1.38 bits per heavy atom. The van der Waals surface area contributed by atoms with Crippen LogP contribution in [0.1, 0.15) is 5.82 Å². The van der Waals surface area contributed by atoms with Crippen molar-refractivity contribution in [3.8, 4) is 11.5 Å². The van der Waals surface area contributed by atoms with Gasteiger partial charge in [0.15, 0.2) is 5.82 Å². The molecule has 1 aromatic heterocycles. The van der Waals surface area contributed by atoms with Crippen LogP contribution in [0.3, 0.4) is 0 Å². The summed E-state index contributed by atoms with van der Waals surface area (Å²) in [6, 6.07) is 3.18. The van der Waals surface area contributed by atoms with E-state index >= 15 is 0 Å². The van der Waals surface area contributed by atoms with Crippen LogP contribution < -0.4 is 5.32 Å². The molecular formula is C10H9F2N3O. The molecule has 4 nitrogen and oxygen atoms in total. The molecule has 2 rings (SSSR count). The van der Waals surface area contributed by atoms with Gasteiger partial charge < -0.3 is 9.84 Å². The zero-order chi connectivity index (χ0) is 11.5. The minimum Gasteiger partial charge on any atom is -0.334 e. The fraction of sp³-hybridized carbons (Fsp3) is 0.200. The van der Waals surface area contributed by atoms with Gasteiger partial charge in [0, 0.05) is 6.07 Å². The molecule has 0 amide bonds. The molecule has 0 radical (unpaired) electrons. The van der Waals surface area contributed by atoms with E-state index in [0.29, 0.717) is 12.4 Å². The van der Waals surface area contributed by atoms with E-state index < -0.39 is 11.6 Å². The van der Waals surface area contributed by atoms with E-state index in [0.717, 1.165) is 12.1 Å². The van der Waals surface area contributed by atoms with Gasteiger partial charge in [-0.25, -0.2) is 8.78 Å². The summed E-state index contributed by atoms with van der Waals surface area (Å²) in [7, 11) is 1.73. The van der Waals surface area contributed by atoms with Crippen LogP contribution >= 0.6 is 0 Å². The number of hydrogen-bond acceptors (Lipinski definition) is 4. The van der Waals surface area contributed by atoms with Crippen molar-refractivity contribution < 1.29 is 13.3 Å². The molecule has 1 heterocycles. The maximum atomic E-state index is 13.3. The summed E-state index contributed by atoms with van der Waals surface area (Å²) < 4.78 is 30.9. The average molecular weight is 225 g/mol. The first-order valence-corrected chi connectivity index (χ1v) is 4.63. The monoisotopic (exact) mass is 225 g/mol. The van der Waals surface area contributed by atoms with Gasteiger partial charge in [-0.15, -0.1) is 0 Å². The molecule has 2 aromatic rings. The number of nitrogens with one attached hydrogen (secondary N) is 1. The summed E-state index contributed by atoms with van der Waals surface area (Å²) in [6.45, 7) is 0.423. The molecule has 16 heavy (non-hydrogen) atoms. The molecule has 1 aromatic carbocycles. The molecule has 0 aliphatic rings. The zero-order valence-corrected chi connectivity index (χ0v) is 8.50. The van der Waals surface area contributed by atoms with E-state index in [-0.39, 0.29) is 11.5 Å². The molecule has 84 valence electrons. The Kier molecular flexibility index (Phi) is 2.91. The van der Waals surface area contributed by atoms with Gasteiger partial charge in [-0.1, -0.05) is 5.16 Å². The number of hydrogen-bond donors (Lipinski definition) is 1. The lowest BCUT2D eigenvalue weighted by Crippen LogP contribution is -2.06. The molecule has 1 N–H and O–H groups in total. The Balaban J connectivity index is 2.35. The standard InChI is InChI=1S/C10H9F2N3O/c1-13-5-9-14-10(16-15-9)7-3-2-6(11)4-8(7)12/h2-4,13H,5H2,1H3. The second kappa shape index (κ2) is 4.36. The molecule has 0 bridgehead atoms. The summed E-state index contributed by atoms with van der Waals surface area (Å²) in [5, 5.41) is 6.47. The second-order valence-corrected chi connectivity index (χ2v) is 3.17. The van der Waals surface area contributed by atoms with Gasteiger partial charge in [0.2, 0.25) is 0 Å². The predicted octanol–water partition coefficient (Wildman–Crippen LogP) is 1.73. The molecule has 0 unspecified atom stereocenters. The van der Waals surface area contributed by atoms with E-state index in [1.54, 1.807) is 7.05 Å². The summed E-state index contributed by atoms with van der Waals surface area (Å²) in [6.07, 6.45) is 0. The summed E-state index contributed by atoms with van der Waals surface area (Å²) in [5.41, 5.74) is 0.0938. The predicted molar refractivity (Wildman–Crippen MR) is 52.4 cm³/mol. The third kappa shape index (κ3) is 2.06. The molecule has 0 atom stereocenters. The third-order valence-electron chi connectivity index (χ3n) is 1.96. The maximum absolute atomic E-state index is 13.3. The van der Waals surface area contributed by atoms with Crippen LogP contribution in [0.2, 0.25) is 0 Å². The summed E-state index contributed by atoms with van der Waals surface area (Å²) in [5.74, 6) is -0.903. The lowest BCUT2D eigenvalue weighted by Gasteiger charge is -1.96. The van der Waals surface area contributed by atoms with Gasteiger partial charge in [0.05, 0.1) is 12.1 Å². The number of halogens is 2. The quantitative estimate of drug-likeness (QED) is 0.864. The van der Waals surface area contributed by atoms with Gasteiger partial charge in [0.1, 0.15) is 11.6 Å². The lowest BCUT2D eigenvalue weighted by atomic mass is 10.2. The largest absolute Gasteiger partial charge is 0.334 e. The summed E-state index contributed by atoms with van der Waals surface area (Å²) >= 11 is 0. The Morgan fingerprint density at radius 3 is 2.88 bits per heavy atom. The van der Waals surface area contributed by atoms with Crippen LogP contribution in [-0.4, -0.2) is 17.2 Å². The third-order valence-corrected chi connectivity index (χ3v) is 1.96. The van der Waals surface area contributed by atoms with E-state index in [2.05, 4.69) is 15.5 Å². The van der Waals surface area contributed by atoms with Crippen LogP contribution in [0.15, 0.2) is 22.7 Å². The number of benzene rings is 1. The number of nitrogens with zero attached hydrogens (tertiary/aromatic N) is 2. The molecule has 0 fully saturated rings. The zero-order valence-electron chi connectivity index (χ0n) is 8.50. The topological polar surface area (TPSA) is 51.0 Å². The molecule has 6 heteroatoms. The van der Waals surface area contributed by atoms with Gasteiger partial charge >= 0.3 is 0 Å². The van der Waals surface area contributed by atoms with Crippen molar-refractivity contribution in [3.63, 3.8) is 0 Å². The van der Waals surface area contributed by atoms with Crippen LogP contribution in [0, 0.1) is 11.6 Å². The van der Waals surface area contributed by atoms with Gasteiger partial charge in [0.25, 0.3) is 5.89 Å². The van der Waals surface area contributed by atoms with Crippen molar-refractivity contribution in [2.45, 2.75) is 6.54 Å². The smallest absolute Gasteiger partial charge is 0.260 e. The van der Waals surface area contributed by atoms with E-state index in [1.165, 1.54) is 6.07 Å². The maximum Gasteiger partial charge on any atom is 0.260 e. The minimum absolute atomic E-state index is 0.0442. The highest BCUT2D eigenvalue weighted by Crippen LogP contribution is 2.21. The second-order valence-electron chi connectivity index (χ2n) is 3.17. The first kappa shape index (κ1) is 10.7. The Hall–Kier alpha value is -1.82. The van der Waals surface area contributed by atoms with Gasteiger partial charge in [-0.05, 0) is 19.2 Å². The van der Waals surface area contributed by atoms with Crippen molar-refractivity contribution in [1.29, 1.82) is 0 Å². The molecular weight excluding hydrogens is 216 g/mol. The molecule has 0 saturated heterocycles. The van der Waals surface area contributed by atoms with Crippen molar-refractivity contribution >= 4 is 0 Å². The van der Waals surface area contributed by atoms with Crippen molar-refractivity contribution in [2.24, 2.45) is 0 Å². The van der Waals surface area contributed by atoms with Crippen molar-refractivity contribution in [3.05, 3.63) is 35.7 Å². The highest BCUT2D eigenvalue weighted by atomic mass is 19.1. The van der Waals surface area contributed by atoms with E-state index in [1.807, 2.05) is 0 Å². The SMILES string of the molecule is CNCc1noc(-c2ccc(F)cc2F)n1. The van der Waals surface area contributed by atoms with Crippen LogP contribution in [0.5, 0.6) is 0 Å². The van der Waals surface area contributed by atoms with Gasteiger partial charge in [-0.2, -0.15) is 4.98 Å². The van der Waals surface area contributed by atoms with Crippen LogP contribution in [0.25, 0.3) is 11.5 Å². The number of aromatic nitrogens is 2. The minimum atomic E-state index is -0.723. The lowest BCUT2D eigenvalue weighted by molar-refractivity contribution is 0.418. The van der Waals surface area contributed by atoms with E-state index in [9.17, 15) is 8.78 Å². The fourth-order valence-corrected chi connectivity index (χ4v) is 1.26. The van der Waals surface area contributed by atoms with Crippen molar-refractivity contribution in [2.75, 3.05) is 7.05 Å². The van der Waals surface area contributed by atoms with Gasteiger partial charge in [-0.3, -0.25) is 0 Å². The Bertz CT molecular complexity index is 499. The van der Waals surface area contributed by atoms with Crippen LogP contribution in [0.4, 0.5) is 8.78 Å². The van der Waals surface area contributed by atoms with E-state index in [4.69, 9.17) is 4.52 Å². The fourth-order valence-electron chi connectivity index (χ4n) is 1.26. The highest BCUT2D eigenvalue weighted by molar-refractivity contribution is 5.53. The van der Waals surface area contributed by atoms with Crippen LogP contribution in [-0.2, 0) is 6.54 Å². The average Bonchev–Trinajstić information content (AvgIpc) is 2.67. The Morgan fingerprint density at radius 2 is 2.19 bits per heavy atom. The molecule has 0 saturated carbocycles. The number of rotatable bonds is 3. The first-order chi connectivity index (χ1) is 7.70. The molecule has 0 spiro atoms. The highest BCUT2D eigenvalue weighted by Gasteiger charge is 2.13. The summed E-state index contributed by atoms with van der Waals surface area (Å²) in [4.78, 5) is 3.96. The first-order valence-electron chi connectivity index (χ1n) is 4.63.